The van der Waals surface area contributed by atoms with Crippen molar-refractivity contribution in [3.8, 4) is 0 Å². The van der Waals surface area contributed by atoms with Crippen molar-refractivity contribution in [3.63, 3.8) is 0 Å². The molecule has 0 spiro atoms. The maximum Gasteiger partial charge on any atom is 0.328 e. The second kappa shape index (κ2) is 21.8. The van der Waals surface area contributed by atoms with Crippen LogP contribution in [0, 0.1) is 5.92 Å². The molecular formula is C46H56N6O8. The second-order valence-electron chi connectivity index (χ2n) is 15.4. The van der Waals surface area contributed by atoms with Crippen LogP contribution in [-0.2, 0) is 41.6 Å². The molecule has 0 bridgehead atoms. The zero-order valence-corrected chi connectivity index (χ0v) is 34.3. The first-order valence-electron chi connectivity index (χ1n) is 20.4. The minimum atomic E-state index is -1.34. The van der Waals surface area contributed by atoms with Crippen LogP contribution in [-0.4, -0.2) is 102 Å². The summed E-state index contributed by atoms with van der Waals surface area (Å²) in [4.78, 5) is 81.8. The molecule has 0 aromatic heterocycles. The fourth-order valence-electron chi connectivity index (χ4n) is 7.52. The Labute approximate surface area is 350 Å². The lowest BCUT2D eigenvalue weighted by Gasteiger charge is -2.33. The van der Waals surface area contributed by atoms with E-state index in [-0.39, 0.29) is 25.3 Å². The lowest BCUT2D eigenvalue weighted by atomic mass is 9.96. The standard InChI is InChI=1S/C46H56N6O8/c1-4-29(2)41(45(58)50-37(46(59)60-3)25-31-16-9-6-10-17-31)51-44(57)38-20-13-23-52(38)28-39(53)35(24-30-14-7-5-8-15-30)48-43(56)36(27-40(47)54)49-42(55)34-22-21-32-18-11-12-19-33(32)26-34/h5-12,14-19,21-22,26,29,35-39,41,53H,4,13,20,23-25,27-28H2,1-3H3,(H2,47,54)(H,48,56)(H,49,55)(H,50,58)(H,51,57)/t29-,35-,36-,37-,38-,39-,41?/m0/s1. The molecule has 1 aliphatic heterocycles. The van der Waals surface area contributed by atoms with E-state index in [9.17, 15) is 33.9 Å². The summed E-state index contributed by atoms with van der Waals surface area (Å²) in [5.74, 6) is -3.90. The summed E-state index contributed by atoms with van der Waals surface area (Å²) in [6.07, 6.45) is 0.378. The van der Waals surface area contributed by atoms with Crippen LogP contribution in [0.15, 0.2) is 103 Å². The summed E-state index contributed by atoms with van der Waals surface area (Å²) < 4.78 is 4.99. The summed E-state index contributed by atoms with van der Waals surface area (Å²) in [6, 6.07) is 26.2. The summed E-state index contributed by atoms with van der Waals surface area (Å²) in [5, 5.41) is 24.8. The first-order chi connectivity index (χ1) is 28.9. The van der Waals surface area contributed by atoms with Gasteiger partial charge in [0, 0.05) is 18.5 Å². The van der Waals surface area contributed by atoms with Crippen LogP contribution in [0.5, 0.6) is 0 Å². The average Bonchev–Trinajstić information content (AvgIpc) is 3.72. The third-order valence-electron chi connectivity index (χ3n) is 11.1. The fraction of sp³-hybridized carbons (Fsp3) is 0.391. The SMILES string of the molecule is CC[C@H](C)C(NC(=O)[C@@H]1CCCN1C[C@H](O)[C@H](Cc1ccccc1)NC(=O)[C@H](CC(N)=O)NC(=O)c1ccc2ccccc2c1)C(=O)N[C@@H](Cc1ccccc1)C(=O)OC. The molecule has 0 radical (unpaired) electrons. The molecule has 1 heterocycles. The van der Waals surface area contributed by atoms with Gasteiger partial charge in [0.15, 0.2) is 0 Å². The van der Waals surface area contributed by atoms with E-state index in [0.717, 1.165) is 21.9 Å². The number of hydrogen-bond acceptors (Lipinski definition) is 9. The predicted octanol–water partition coefficient (Wildman–Crippen LogP) is 2.80. The zero-order valence-electron chi connectivity index (χ0n) is 34.3. The van der Waals surface area contributed by atoms with Crippen molar-refractivity contribution >= 4 is 46.3 Å². The zero-order chi connectivity index (χ0) is 43.2. The van der Waals surface area contributed by atoms with Gasteiger partial charge in [0.2, 0.25) is 23.6 Å². The van der Waals surface area contributed by atoms with Gasteiger partial charge in [0.05, 0.1) is 31.7 Å². The molecule has 60 heavy (non-hydrogen) atoms. The monoisotopic (exact) mass is 820 g/mol. The maximum atomic E-state index is 14.0. The lowest BCUT2D eigenvalue weighted by Crippen LogP contribution is -2.59. The Morgan fingerprint density at radius 3 is 2.05 bits per heavy atom. The molecule has 1 unspecified atom stereocenters. The quantitative estimate of drug-likeness (QED) is 0.0724. The van der Waals surface area contributed by atoms with Gasteiger partial charge in [-0.25, -0.2) is 4.79 Å². The van der Waals surface area contributed by atoms with Crippen molar-refractivity contribution < 1.29 is 38.6 Å². The normalized spacial score (nSPS) is 17.0. The third kappa shape index (κ3) is 12.4. The van der Waals surface area contributed by atoms with E-state index < -0.39 is 78.2 Å². The molecule has 4 aromatic rings. The number of nitrogens with two attached hydrogens (primary N) is 1. The van der Waals surface area contributed by atoms with Crippen molar-refractivity contribution in [2.45, 2.75) is 88.7 Å². The largest absolute Gasteiger partial charge is 0.467 e. The van der Waals surface area contributed by atoms with E-state index in [1.165, 1.54) is 7.11 Å². The second-order valence-corrected chi connectivity index (χ2v) is 15.4. The number of amides is 5. The van der Waals surface area contributed by atoms with Crippen LogP contribution in [0.3, 0.4) is 0 Å². The summed E-state index contributed by atoms with van der Waals surface area (Å²) in [5.41, 5.74) is 7.46. The Balaban J connectivity index is 1.29. The van der Waals surface area contributed by atoms with Gasteiger partial charge in [0.25, 0.3) is 5.91 Å². The van der Waals surface area contributed by atoms with Gasteiger partial charge < -0.3 is 36.8 Å². The summed E-state index contributed by atoms with van der Waals surface area (Å²) in [7, 11) is 1.25. The molecule has 1 aliphatic rings. The van der Waals surface area contributed by atoms with Crippen molar-refractivity contribution in [1.29, 1.82) is 0 Å². The van der Waals surface area contributed by atoms with Crippen LogP contribution in [0.2, 0.25) is 0 Å². The topological polar surface area (TPSA) is 209 Å². The summed E-state index contributed by atoms with van der Waals surface area (Å²) >= 11 is 0. The Morgan fingerprint density at radius 1 is 0.783 bits per heavy atom. The van der Waals surface area contributed by atoms with Crippen LogP contribution >= 0.6 is 0 Å². The molecule has 0 aliphatic carbocycles. The number of hydrogen-bond donors (Lipinski definition) is 6. The number of primary amides is 1. The number of fused-ring (bicyclic) bond motifs is 1. The number of ether oxygens (including phenoxy) is 1. The highest BCUT2D eigenvalue weighted by molar-refractivity contribution is 6.01. The van der Waals surface area contributed by atoms with Crippen LogP contribution < -0.4 is 27.0 Å². The first kappa shape index (κ1) is 45.0. The number of benzene rings is 4. The Morgan fingerprint density at radius 2 is 1.42 bits per heavy atom. The van der Waals surface area contributed by atoms with E-state index >= 15 is 0 Å². The Hall–Kier alpha value is -6.12. The van der Waals surface area contributed by atoms with Gasteiger partial charge in [-0.1, -0.05) is 111 Å². The first-order valence-corrected chi connectivity index (χ1v) is 20.4. The number of β-amino-alcohol motifs (C(OH)–C–C–N with tert-alkyl or cyclic N) is 1. The van der Waals surface area contributed by atoms with Crippen molar-refractivity contribution in [1.82, 2.24) is 26.2 Å². The highest BCUT2D eigenvalue weighted by Crippen LogP contribution is 2.21. The number of aliphatic hydroxyl groups is 1. The van der Waals surface area contributed by atoms with Crippen LogP contribution in [0.25, 0.3) is 10.8 Å². The van der Waals surface area contributed by atoms with Gasteiger partial charge >= 0.3 is 5.97 Å². The fourth-order valence-corrected chi connectivity index (χ4v) is 7.52. The van der Waals surface area contributed by atoms with Gasteiger partial charge in [-0.2, -0.15) is 0 Å². The molecule has 1 saturated heterocycles. The number of nitrogens with zero attached hydrogens (tertiary/aromatic N) is 1. The minimum Gasteiger partial charge on any atom is -0.467 e. The van der Waals surface area contributed by atoms with Gasteiger partial charge in [-0.3, -0.25) is 28.9 Å². The van der Waals surface area contributed by atoms with E-state index in [4.69, 9.17) is 10.5 Å². The number of carbonyl (C=O) groups excluding carboxylic acids is 6. The van der Waals surface area contributed by atoms with E-state index in [1.807, 2.05) is 104 Å². The number of esters is 1. The molecular weight excluding hydrogens is 765 g/mol. The molecule has 5 rings (SSSR count). The number of nitrogens with one attached hydrogen (secondary N) is 4. The van der Waals surface area contributed by atoms with Gasteiger partial charge in [0.1, 0.15) is 18.1 Å². The highest BCUT2D eigenvalue weighted by Gasteiger charge is 2.38. The molecule has 0 saturated carbocycles. The highest BCUT2D eigenvalue weighted by atomic mass is 16.5. The van der Waals surface area contributed by atoms with Crippen LogP contribution in [0.4, 0.5) is 0 Å². The number of likely N-dealkylation sites (tertiary alicyclic amines) is 1. The Bertz CT molecular complexity index is 2100. The lowest BCUT2D eigenvalue weighted by molar-refractivity contribution is -0.145. The van der Waals surface area contributed by atoms with E-state index in [0.29, 0.717) is 31.4 Å². The van der Waals surface area contributed by atoms with E-state index in [1.54, 1.807) is 18.2 Å². The molecule has 14 nitrogen and oxygen atoms in total. The smallest absolute Gasteiger partial charge is 0.328 e. The molecule has 1 fully saturated rings. The molecule has 318 valence electrons. The number of aliphatic hydroxyl groups excluding tert-OH is 1. The molecule has 7 N–H and O–H groups in total. The van der Waals surface area contributed by atoms with Crippen LogP contribution in [0.1, 0.15) is 61.0 Å². The number of carbonyl (C=O) groups is 6. The average molecular weight is 821 g/mol. The van der Waals surface area contributed by atoms with Gasteiger partial charge in [-0.15, -0.1) is 0 Å². The summed E-state index contributed by atoms with van der Waals surface area (Å²) in [6.45, 7) is 4.20. The van der Waals surface area contributed by atoms with Crippen molar-refractivity contribution in [3.05, 3.63) is 120 Å². The maximum absolute atomic E-state index is 14.0. The van der Waals surface area contributed by atoms with Gasteiger partial charge in [-0.05, 0) is 65.8 Å². The molecule has 14 heteroatoms. The van der Waals surface area contributed by atoms with Crippen molar-refractivity contribution in [2.24, 2.45) is 11.7 Å². The molecule has 4 aromatic carbocycles. The van der Waals surface area contributed by atoms with E-state index in [2.05, 4.69) is 21.3 Å². The number of rotatable bonds is 20. The molecule has 5 amide bonds. The van der Waals surface area contributed by atoms with Crippen molar-refractivity contribution in [2.75, 3.05) is 20.2 Å². The predicted molar refractivity (Wildman–Crippen MR) is 227 cm³/mol. The minimum absolute atomic E-state index is 0.0124. The third-order valence-corrected chi connectivity index (χ3v) is 11.1. The molecule has 7 atom stereocenters. The number of methoxy groups -OCH3 is 1. The Kier molecular flexibility index (Phi) is 16.3.